The van der Waals surface area contributed by atoms with Crippen molar-refractivity contribution in [1.29, 1.82) is 0 Å². The third kappa shape index (κ3) is 5.69. The van der Waals surface area contributed by atoms with Gasteiger partial charge in [0.15, 0.2) is 6.29 Å². The van der Waals surface area contributed by atoms with Crippen LogP contribution in [-0.2, 0) is 9.47 Å². The molecule has 0 spiro atoms. The van der Waals surface area contributed by atoms with Crippen molar-refractivity contribution in [2.45, 2.75) is 64.9 Å². The van der Waals surface area contributed by atoms with Crippen molar-refractivity contribution >= 4 is 6.09 Å². The molecule has 1 aliphatic carbocycles. The van der Waals surface area contributed by atoms with Gasteiger partial charge in [-0.1, -0.05) is 0 Å². The Balaban J connectivity index is 2.13. The summed E-state index contributed by atoms with van der Waals surface area (Å²) < 4.78 is 10.2. The van der Waals surface area contributed by atoms with Crippen LogP contribution in [0.1, 0.15) is 47.0 Å². The van der Waals surface area contributed by atoms with Crippen LogP contribution < -0.4 is 5.32 Å². The lowest BCUT2D eigenvalue weighted by Gasteiger charge is -2.37. The fraction of sp³-hybridized carbons (Fsp3) is 0.923. The van der Waals surface area contributed by atoms with E-state index in [0.717, 1.165) is 12.8 Å². The van der Waals surface area contributed by atoms with Crippen LogP contribution in [0.5, 0.6) is 0 Å². The SMILES string of the molecule is CCOC(O)CC1CC(NC(=O)OC(C)(C)C)C1. The van der Waals surface area contributed by atoms with Gasteiger partial charge in [-0.05, 0) is 46.5 Å². The summed E-state index contributed by atoms with van der Waals surface area (Å²) in [5, 5.41) is 12.3. The van der Waals surface area contributed by atoms with Gasteiger partial charge in [-0.25, -0.2) is 4.79 Å². The molecule has 0 aromatic heterocycles. The molecule has 0 heterocycles. The number of alkyl carbamates (subject to hydrolysis) is 1. The summed E-state index contributed by atoms with van der Waals surface area (Å²) in [5.41, 5.74) is -0.460. The first-order valence-electron chi connectivity index (χ1n) is 6.59. The van der Waals surface area contributed by atoms with E-state index in [1.165, 1.54) is 0 Å². The molecule has 1 fully saturated rings. The van der Waals surface area contributed by atoms with Crippen molar-refractivity contribution in [2.75, 3.05) is 6.61 Å². The van der Waals surface area contributed by atoms with E-state index in [4.69, 9.17) is 9.47 Å². The lowest BCUT2D eigenvalue weighted by molar-refractivity contribution is -0.113. The van der Waals surface area contributed by atoms with E-state index in [1.54, 1.807) is 0 Å². The van der Waals surface area contributed by atoms with Crippen molar-refractivity contribution in [3.63, 3.8) is 0 Å². The molecule has 1 saturated carbocycles. The maximum atomic E-state index is 11.5. The van der Waals surface area contributed by atoms with Gasteiger partial charge in [-0.2, -0.15) is 0 Å². The number of hydrogen-bond acceptors (Lipinski definition) is 4. The molecule has 1 atom stereocenters. The molecule has 0 aromatic rings. The molecule has 0 aliphatic heterocycles. The Hall–Kier alpha value is -0.810. The molecular formula is C13H25NO4. The van der Waals surface area contributed by atoms with E-state index in [1.807, 2.05) is 27.7 Å². The Morgan fingerprint density at radius 1 is 1.44 bits per heavy atom. The number of nitrogens with one attached hydrogen (secondary N) is 1. The molecule has 1 rings (SSSR count). The minimum Gasteiger partial charge on any atom is -0.444 e. The Labute approximate surface area is 109 Å². The Morgan fingerprint density at radius 3 is 2.56 bits per heavy atom. The van der Waals surface area contributed by atoms with Crippen molar-refractivity contribution in [3.8, 4) is 0 Å². The molecule has 1 aliphatic rings. The third-order valence-electron chi connectivity index (χ3n) is 2.85. The summed E-state index contributed by atoms with van der Waals surface area (Å²) in [4.78, 5) is 11.5. The van der Waals surface area contributed by atoms with Crippen LogP contribution in [0.25, 0.3) is 0 Å². The number of hydrogen-bond donors (Lipinski definition) is 2. The standard InChI is InChI=1S/C13H25NO4/c1-5-17-11(15)8-9-6-10(7-9)14-12(16)18-13(2,3)4/h9-11,15H,5-8H2,1-4H3,(H,14,16). The van der Waals surface area contributed by atoms with Crippen molar-refractivity contribution in [3.05, 3.63) is 0 Å². The van der Waals surface area contributed by atoms with Gasteiger partial charge in [-0.3, -0.25) is 0 Å². The largest absolute Gasteiger partial charge is 0.444 e. The fourth-order valence-corrected chi connectivity index (χ4v) is 2.07. The maximum absolute atomic E-state index is 11.5. The Morgan fingerprint density at radius 2 is 2.06 bits per heavy atom. The van der Waals surface area contributed by atoms with Gasteiger partial charge in [0.05, 0.1) is 0 Å². The van der Waals surface area contributed by atoms with Crippen molar-refractivity contribution in [2.24, 2.45) is 5.92 Å². The number of ether oxygens (including phenoxy) is 2. The second-order valence-electron chi connectivity index (χ2n) is 5.83. The Kier molecular flexibility index (Phi) is 5.41. The van der Waals surface area contributed by atoms with E-state index >= 15 is 0 Å². The van der Waals surface area contributed by atoms with Gasteiger partial charge in [0.1, 0.15) is 5.60 Å². The van der Waals surface area contributed by atoms with E-state index < -0.39 is 11.9 Å². The summed E-state index contributed by atoms with van der Waals surface area (Å²) in [6.07, 6.45) is 1.35. The minimum absolute atomic E-state index is 0.165. The number of rotatable bonds is 5. The smallest absolute Gasteiger partial charge is 0.407 e. The van der Waals surface area contributed by atoms with Gasteiger partial charge in [-0.15, -0.1) is 0 Å². The molecule has 2 N–H and O–H groups in total. The molecule has 0 bridgehead atoms. The summed E-state index contributed by atoms with van der Waals surface area (Å²) in [5.74, 6) is 0.423. The van der Waals surface area contributed by atoms with Crippen LogP contribution in [0.3, 0.4) is 0 Å². The lowest BCUT2D eigenvalue weighted by atomic mass is 9.78. The first-order chi connectivity index (χ1) is 8.30. The number of carbonyl (C=O) groups is 1. The van der Waals surface area contributed by atoms with Crippen LogP contribution in [0.2, 0.25) is 0 Å². The van der Waals surface area contributed by atoms with Crippen LogP contribution >= 0.6 is 0 Å². The first kappa shape index (κ1) is 15.2. The van der Waals surface area contributed by atoms with Crippen LogP contribution in [-0.4, -0.2) is 35.7 Å². The molecular weight excluding hydrogens is 234 g/mol. The lowest BCUT2D eigenvalue weighted by Crippen LogP contribution is -2.46. The minimum atomic E-state index is -0.678. The number of carbonyl (C=O) groups excluding carboxylic acids is 1. The maximum Gasteiger partial charge on any atom is 0.407 e. The van der Waals surface area contributed by atoms with Gasteiger partial charge < -0.3 is 19.9 Å². The molecule has 1 amide bonds. The predicted molar refractivity (Wildman–Crippen MR) is 68.1 cm³/mol. The quantitative estimate of drug-likeness (QED) is 0.741. The highest BCUT2D eigenvalue weighted by Gasteiger charge is 2.32. The molecule has 5 nitrogen and oxygen atoms in total. The molecule has 0 radical (unpaired) electrons. The van der Waals surface area contributed by atoms with Gasteiger partial charge in [0.2, 0.25) is 0 Å². The summed E-state index contributed by atoms with van der Waals surface area (Å²) in [7, 11) is 0. The van der Waals surface area contributed by atoms with Crippen molar-refractivity contribution in [1.82, 2.24) is 5.32 Å². The third-order valence-corrected chi connectivity index (χ3v) is 2.85. The average Bonchev–Trinajstić information content (AvgIpc) is 2.11. The van der Waals surface area contributed by atoms with E-state index in [2.05, 4.69) is 5.32 Å². The molecule has 106 valence electrons. The zero-order chi connectivity index (χ0) is 13.8. The first-order valence-corrected chi connectivity index (χ1v) is 6.59. The van der Waals surface area contributed by atoms with Gasteiger partial charge in [0, 0.05) is 19.1 Å². The monoisotopic (exact) mass is 259 g/mol. The highest BCUT2D eigenvalue weighted by Crippen LogP contribution is 2.31. The highest BCUT2D eigenvalue weighted by atomic mass is 16.6. The number of aliphatic hydroxyl groups excluding tert-OH is 1. The van der Waals surface area contributed by atoms with Gasteiger partial charge >= 0.3 is 6.09 Å². The zero-order valence-electron chi connectivity index (χ0n) is 11.7. The average molecular weight is 259 g/mol. The van der Waals surface area contributed by atoms with Crippen LogP contribution in [0, 0.1) is 5.92 Å². The number of aliphatic hydroxyl groups is 1. The number of amides is 1. The predicted octanol–water partition coefficient (Wildman–Crippen LogP) is 2.03. The molecule has 5 heteroatoms. The van der Waals surface area contributed by atoms with Crippen LogP contribution in [0.15, 0.2) is 0 Å². The summed E-state index contributed by atoms with van der Waals surface area (Å²) in [6.45, 7) is 7.90. The van der Waals surface area contributed by atoms with E-state index in [9.17, 15) is 9.90 Å². The molecule has 0 aromatic carbocycles. The zero-order valence-corrected chi connectivity index (χ0v) is 11.7. The summed E-state index contributed by atoms with van der Waals surface area (Å²) >= 11 is 0. The van der Waals surface area contributed by atoms with E-state index in [0.29, 0.717) is 18.9 Å². The molecule has 1 unspecified atom stereocenters. The second kappa shape index (κ2) is 6.38. The summed E-state index contributed by atoms with van der Waals surface area (Å²) in [6, 6.07) is 0.165. The fourth-order valence-electron chi connectivity index (χ4n) is 2.07. The van der Waals surface area contributed by atoms with Crippen molar-refractivity contribution < 1.29 is 19.4 Å². The highest BCUT2D eigenvalue weighted by molar-refractivity contribution is 5.68. The topological polar surface area (TPSA) is 67.8 Å². The molecule has 0 saturated heterocycles. The van der Waals surface area contributed by atoms with Gasteiger partial charge in [0.25, 0.3) is 0 Å². The molecule has 18 heavy (non-hydrogen) atoms. The normalized spacial score (nSPS) is 25.2. The van der Waals surface area contributed by atoms with Crippen LogP contribution in [0.4, 0.5) is 4.79 Å². The van der Waals surface area contributed by atoms with E-state index in [-0.39, 0.29) is 12.1 Å². The Bertz CT molecular complexity index is 269. The second-order valence-corrected chi connectivity index (χ2v) is 5.83.